The number of esters is 1. The summed E-state index contributed by atoms with van der Waals surface area (Å²) < 4.78 is 14.6. The first kappa shape index (κ1) is 19.6. The lowest BCUT2D eigenvalue weighted by molar-refractivity contribution is -0.137. The third kappa shape index (κ3) is 17.7. The Morgan fingerprint density at radius 3 is 1.89 bits per heavy atom. The van der Waals surface area contributed by atoms with Gasteiger partial charge in [-0.15, -0.1) is 0 Å². The van der Waals surface area contributed by atoms with E-state index in [1.54, 1.807) is 13.8 Å². The van der Waals surface area contributed by atoms with Gasteiger partial charge in [-0.3, -0.25) is 4.79 Å². The molecule has 0 aliphatic carbocycles. The topological polar surface area (TPSA) is 85.2 Å². The third-order valence-electron chi connectivity index (χ3n) is 1.78. The zero-order valence-electron chi connectivity index (χ0n) is 11.9. The van der Waals surface area contributed by atoms with E-state index in [9.17, 15) is 4.79 Å². The molecule has 0 spiro atoms. The number of hydrogen-bond donors (Lipinski definition) is 2. The van der Waals surface area contributed by atoms with Gasteiger partial charge >= 0.3 is 5.97 Å². The number of carbonyl (C=O) groups excluding carboxylic acids is 1. The van der Waals surface area contributed by atoms with Crippen LogP contribution in [0.3, 0.4) is 0 Å². The van der Waals surface area contributed by atoms with Gasteiger partial charge in [-0.05, 0) is 20.8 Å². The van der Waals surface area contributed by atoms with Gasteiger partial charge in [0, 0.05) is 6.92 Å². The maximum Gasteiger partial charge on any atom is 0.302 e. The molecule has 0 saturated heterocycles. The predicted molar refractivity (Wildman–Crippen MR) is 67.3 cm³/mol. The highest BCUT2D eigenvalue weighted by Crippen LogP contribution is 1.97. The summed E-state index contributed by atoms with van der Waals surface area (Å²) in [4.78, 5) is 9.59. The monoisotopic (exact) mass is 266 g/mol. The van der Waals surface area contributed by atoms with E-state index in [1.807, 2.05) is 6.92 Å². The van der Waals surface area contributed by atoms with Crippen LogP contribution in [0.25, 0.3) is 0 Å². The molecule has 0 radical (unpaired) electrons. The van der Waals surface area contributed by atoms with Crippen LogP contribution in [0.5, 0.6) is 0 Å². The van der Waals surface area contributed by atoms with Crippen LogP contribution in [0.2, 0.25) is 0 Å². The quantitative estimate of drug-likeness (QED) is 0.647. The summed E-state index contributed by atoms with van der Waals surface area (Å²) in [5, 5.41) is 17.6. The van der Waals surface area contributed by atoms with Crippen molar-refractivity contribution in [2.24, 2.45) is 0 Å². The summed E-state index contributed by atoms with van der Waals surface area (Å²) in [5.74, 6) is -0.245. The Morgan fingerprint density at radius 2 is 1.56 bits per heavy atom. The van der Waals surface area contributed by atoms with E-state index in [-0.39, 0.29) is 24.8 Å². The van der Waals surface area contributed by atoms with Crippen molar-refractivity contribution in [3.63, 3.8) is 0 Å². The highest BCUT2D eigenvalue weighted by atomic mass is 16.5. The lowest BCUT2D eigenvalue weighted by Crippen LogP contribution is -2.24. The van der Waals surface area contributed by atoms with E-state index >= 15 is 0 Å². The van der Waals surface area contributed by atoms with E-state index < -0.39 is 6.10 Å². The van der Waals surface area contributed by atoms with E-state index in [0.717, 1.165) is 0 Å². The SMILES string of the molecule is CC(O)COC(C)COC(C)CO.COC(C)=O. The fourth-order valence-corrected chi connectivity index (χ4v) is 0.704. The Morgan fingerprint density at radius 1 is 1.11 bits per heavy atom. The Balaban J connectivity index is 0. The van der Waals surface area contributed by atoms with Crippen LogP contribution in [0, 0.1) is 0 Å². The zero-order valence-corrected chi connectivity index (χ0v) is 11.9. The van der Waals surface area contributed by atoms with Crippen molar-refractivity contribution in [3.8, 4) is 0 Å². The molecule has 0 aliphatic heterocycles. The fourth-order valence-electron chi connectivity index (χ4n) is 0.704. The van der Waals surface area contributed by atoms with Gasteiger partial charge in [0.2, 0.25) is 0 Å². The maximum atomic E-state index is 9.59. The van der Waals surface area contributed by atoms with Crippen LogP contribution in [-0.2, 0) is 19.0 Å². The van der Waals surface area contributed by atoms with Gasteiger partial charge in [-0.25, -0.2) is 0 Å². The van der Waals surface area contributed by atoms with Gasteiger partial charge in [0.1, 0.15) is 0 Å². The molecule has 2 N–H and O–H groups in total. The predicted octanol–water partition coefficient (Wildman–Crippen LogP) is 0.349. The Hall–Kier alpha value is -0.690. The first-order valence-corrected chi connectivity index (χ1v) is 5.90. The Kier molecular flexibility index (Phi) is 13.9. The van der Waals surface area contributed by atoms with Crippen molar-refractivity contribution >= 4 is 5.97 Å². The van der Waals surface area contributed by atoms with E-state index in [4.69, 9.17) is 19.7 Å². The van der Waals surface area contributed by atoms with Gasteiger partial charge in [0.25, 0.3) is 0 Å². The largest absolute Gasteiger partial charge is 0.469 e. The van der Waals surface area contributed by atoms with Crippen LogP contribution in [0.4, 0.5) is 0 Å². The first-order valence-electron chi connectivity index (χ1n) is 5.90. The van der Waals surface area contributed by atoms with Crippen LogP contribution in [0.15, 0.2) is 0 Å². The smallest absolute Gasteiger partial charge is 0.302 e. The first-order chi connectivity index (χ1) is 8.33. The summed E-state index contributed by atoms with van der Waals surface area (Å²) in [6, 6.07) is 0. The second kappa shape index (κ2) is 12.8. The van der Waals surface area contributed by atoms with Crippen molar-refractivity contribution in [1.82, 2.24) is 0 Å². The molecular formula is C12H26O6. The normalized spacial score (nSPS) is 15.1. The average molecular weight is 266 g/mol. The Bertz CT molecular complexity index is 195. The second-order valence-corrected chi connectivity index (χ2v) is 4.02. The van der Waals surface area contributed by atoms with Crippen LogP contribution >= 0.6 is 0 Å². The molecule has 0 fully saturated rings. The van der Waals surface area contributed by atoms with Crippen molar-refractivity contribution in [3.05, 3.63) is 0 Å². The lowest BCUT2D eigenvalue weighted by atomic mass is 10.4. The van der Waals surface area contributed by atoms with Crippen molar-refractivity contribution in [1.29, 1.82) is 0 Å². The number of aliphatic hydroxyl groups is 2. The standard InChI is InChI=1S/C9H20O4.C3H6O2/c1-7(11)5-12-9(3)6-13-8(2)4-10;1-3(4)5-2/h7-11H,4-6H2,1-3H3;1-2H3. The highest BCUT2D eigenvalue weighted by molar-refractivity contribution is 5.65. The molecule has 0 aliphatic rings. The molecule has 0 rings (SSSR count). The molecule has 0 aromatic rings. The number of rotatable bonds is 7. The molecule has 0 heterocycles. The molecule has 0 saturated carbocycles. The molecule has 3 atom stereocenters. The molecule has 0 aromatic heterocycles. The molecule has 3 unspecified atom stereocenters. The van der Waals surface area contributed by atoms with E-state index in [0.29, 0.717) is 13.2 Å². The lowest BCUT2D eigenvalue weighted by Gasteiger charge is -2.16. The molecule has 0 aromatic carbocycles. The summed E-state index contributed by atoms with van der Waals surface area (Å²) >= 11 is 0. The van der Waals surface area contributed by atoms with Crippen molar-refractivity contribution < 1.29 is 29.2 Å². The summed E-state index contributed by atoms with van der Waals surface area (Å²) in [6.45, 7) is 7.47. The molecule has 0 amide bonds. The second-order valence-electron chi connectivity index (χ2n) is 4.02. The number of aliphatic hydroxyl groups excluding tert-OH is 2. The minimum absolute atomic E-state index is 0.0170. The van der Waals surface area contributed by atoms with E-state index in [1.165, 1.54) is 14.0 Å². The van der Waals surface area contributed by atoms with Crippen LogP contribution in [0.1, 0.15) is 27.7 Å². The fraction of sp³-hybridized carbons (Fsp3) is 0.917. The highest BCUT2D eigenvalue weighted by Gasteiger charge is 2.06. The van der Waals surface area contributed by atoms with Gasteiger partial charge in [0.05, 0.1) is 45.2 Å². The number of carbonyl (C=O) groups is 1. The molecule has 0 bridgehead atoms. The van der Waals surface area contributed by atoms with Crippen LogP contribution in [-0.4, -0.2) is 61.4 Å². The summed E-state index contributed by atoms with van der Waals surface area (Å²) in [7, 11) is 1.35. The number of hydrogen-bond acceptors (Lipinski definition) is 6. The minimum atomic E-state index is -0.447. The summed E-state index contributed by atoms with van der Waals surface area (Å²) in [5.41, 5.74) is 0. The van der Waals surface area contributed by atoms with Gasteiger partial charge < -0.3 is 24.4 Å². The molecule has 18 heavy (non-hydrogen) atoms. The summed E-state index contributed by atoms with van der Waals surface area (Å²) in [6.07, 6.45) is -0.654. The van der Waals surface area contributed by atoms with E-state index in [2.05, 4.69) is 4.74 Å². The van der Waals surface area contributed by atoms with Crippen molar-refractivity contribution in [2.45, 2.75) is 46.0 Å². The average Bonchev–Trinajstić information content (AvgIpc) is 2.33. The zero-order chi connectivity index (χ0) is 14.6. The minimum Gasteiger partial charge on any atom is -0.469 e. The van der Waals surface area contributed by atoms with Gasteiger partial charge in [-0.1, -0.05) is 0 Å². The third-order valence-corrected chi connectivity index (χ3v) is 1.78. The van der Waals surface area contributed by atoms with Gasteiger partial charge in [0.15, 0.2) is 0 Å². The number of methoxy groups -OCH3 is 1. The number of ether oxygens (including phenoxy) is 3. The van der Waals surface area contributed by atoms with Gasteiger partial charge in [-0.2, -0.15) is 0 Å². The molecule has 6 heteroatoms. The maximum absolute atomic E-state index is 9.59. The Labute approximate surface area is 109 Å². The van der Waals surface area contributed by atoms with Crippen LogP contribution < -0.4 is 0 Å². The molecule has 110 valence electrons. The van der Waals surface area contributed by atoms with Crippen molar-refractivity contribution in [2.75, 3.05) is 26.9 Å². The molecule has 6 nitrogen and oxygen atoms in total. The molecular weight excluding hydrogens is 240 g/mol.